The molecular weight excluding hydrogens is 350 g/mol. The zero-order chi connectivity index (χ0) is 19.8. The second-order valence-corrected chi connectivity index (χ2v) is 6.61. The molecule has 0 aliphatic carbocycles. The number of carbonyl (C=O) groups excluding carboxylic acids is 1. The molecule has 0 atom stereocenters. The van der Waals surface area contributed by atoms with Gasteiger partial charge >= 0.3 is 0 Å². The Hall–Kier alpha value is -3.47. The van der Waals surface area contributed by atoms with Crippen molar-refractivity contribution in [1.29, 1.82) is 0 Å². The van der Waals surface area contributed by atoms with Crippen molar-refractivity contribution in [1.82, 2.24) is 0 Å². The van der Waals surface area contributed by atoms with Crippen LogP contribution in [0.25, 0.3) is 0 Å². The van der Waals surface area contributed by atoms with Crippen LogP contribution in [0.4, 0.5) is 17.1 Å². The van der Waals surface area contributed by atoms with Gasteiger partial charge in [-0.15, -0.1) is 0 Å². The van der Waals surface area contributed by atoms with Gasteiger partial charge in [0.2, 0.25) is 0 Å². The van der Waals surface area contributed by atoms with Crippen LogP contribution in [-0.4, -0.2) is 12.5 Å². The van der Waals surface area contributed by atoms with Gasteiger partial charge in [-0.25, -0.2) is 0 Å². The van der Waals surface area contributed by atoms with E-state index in [1.165, 1.54) is 0 Å². The summed E-state index contributed by atoms with van der Waals surface area (Å²) in [4.78, 5) is 12.2. The second-order valence-electron chi connectivity index (χ2n) is 6.61. The van der Waals surface area contributed by atoms with Gasteiger partial charge in [0.05, 0.1) is 11.4 Å². The third-order valence-corrected chi connectivity index (χ3v) is 4.09. The third-order valence-electron chi connectivity index (χ3n) is 4.09. The fraction of sp³-hybridized carbons (Fsp3) is 0.174. The first-order valence-corrected chi connectivity index (χ1v) is 9.20. The molecule has 0 unspecified atom stereocenters. The number of ether oxygens (including phenoxy) is 1. The summed E-state index contributed by atoms with van der Waals surface area (Å²) in [7, 11) is 0. The lowest BCUT2D eigenvalue weighted by molar-refractivity contribution is -0.118. The Morgan fingerprint density at radius 2 is 1.46 bits per heavy atom. The van der Waals surface area contributed by atoms with Crippen LogP contribution >= 0.6 is 0 Å². The molecule has 1 N–H and O–H groups in total. The molecule has 0 aromatic heterocycles. The maximum atomic E-state index is 12.2. The number of nitrogens with one attached hydrogen (secondary N) is 1. The van der Waals surface area contributed by atoms with Crippen molar-refractivity contribution in [3.05, 3.63) is 84.4 Å². The fourth-order valence-corrected chi connectivity index (χ4v) is 2.65. The number of rotatable bonds is 7. The van der Waals surface area contributed by atoms with Crippen molar-refractivity contribution in [2.75, 3.05) is 11.9 Å². The SMILES string of the molecule is CC(C)c1ccccc1OCC(=O)Nc1ccc(N=Nc2ccccc2)cc1. The summed E-state index contributed by atoms with van der Waals surface area (Å²) in [5.41, 5.74) is 3.27. The van der Waals surface area contributed by atoms with Crippen LogP contribution in [0.5, 0.6) is 5.75 Å². The van der Waals surface area contributed by atoms with Gasteiger partial charge in [0.15, 0.2) is 6.61 Å². The van der Waals surface area contributed by atoms with Gasteiger partial charge < -0.3 is 10.1 Å². The normalized spacial score (nSPS) is 11.0. The van der Waals surface area contributed by atoms with Crippen LogP contribution in [0.1, 0.15) is 25.3 Å². The van der Waals surface area contributed by atoms with Crippen molar-refractivity contribution in [3.63, 3.8) is 0 Å². The Morgan fingerprint density at radius 1 is 0.857 bits per heavy atom. The summed E-state index contributed by atoms with van der Waals surface area (Å²) in [6.07, 6.45) is 0. The average Bonchev–Trinajstić information content (AvgIpc) is 2.72. The third kappa shape index (κ3) is 5.51. The highest BCUT2D eigenvalue weighted by atomic mass is 16.5. The van der Waals surface area contributed by atoms with E-state index in [1.54, 1.807) is 24.3 Å². The number of azo groups is 1. The van der Waals surface area contributed by atoms with E-state index in [9.17, 15) is 4.79 Å². The summed E-state index contributed by atoms with van der Waals surface area (Å²) in [5, 5.41) is 11.2. The van der Waals surface area contributed by atoms with Gasteiger partial charge in [-0.3, -0.25) is 4.79 Å². The monoisotopic (exact) mass is 373 g/mol. The molecule has 5 heteroatoms. The summed E-state index contributed by atoms with van der Waals surface area (Å²) in [5.74, 6) is 0.860. The summed E-state index contributed by atoms with van der Waals surface area (Å²) < 4.78 is 5.70. The molecule has 0 fully saturated rings. The molecule has 142 valence electrons. The number of benzene rings is 3. The molecule has 0 aliphatic heterocycles. The predicted molar refractivity (Wildman–Crippen MR) is 112 cm³/mol. The minimum absolute atomic E-state index is 0.0425. The number of nitrogens with zero attached hydrogens (tertiary/aromatic N) is 2. The van der Waals surface area contributed by atoms with E-state index in [4.69, 9.17) is 4.74 Å². The van der Waals surface area contributed by atoms with E-state index in [1.807, 2.05) is 54.6 Å². The van der Waals surface area contributed by atoms with Crippen molar-refractivity contribution < 1.29 is 9.53 Å². The van der Waals surface area contributed by atoms with Crippen LogP contribution in [0.15, 0.2) is 89.1 Å². The quantitative estimate of drug-likeness (QED) is 0.498. The smallest absolute Gasteiger partial charge is 0.262 e. The fourth-order valence-electron chi connectivity index (χ4n) is 2.65. The predicted octanol–water partition coefficient (Wildman–Crippen LogP) is 6.24. The Labute approximate surface area is 165 Å². The van der Waals surface area contributed by atoms with Crippen molar-refractivity contribution in [2.45, 2.75) is 19.8 Å². The molecule has 0 spiro atoms. The number of hydrogen-bond donors (Lipinski definition) is 1. The molecule has 0 saturated carbocycles. The minimum atomic E-state index is -0.211. The number of para-hydroxylation sites is 1. The van der Waals surface area contributed by atoms with Gasteiger partial charge in [-0.05, 0) is 53.9 Å². The van der Waals surface area contributed by atoms with Gasteiger partial charge in [-0.2, -0.15) is 10.2 Å². The summed E-state index contributed by atoms with van der Waals surface area (Å²) in [6, 6.07) is 24.5. The molecule has 3 aromatic rings. The molecule has 0 saturated heterocycles. The molecule has 0 aliphatic rings. The molecule has 0 radical (unpaired) electrons. The van der Waals surface area contributed by atoms with Gasteiger partial charge in [0, 0.05) is 5.69 Å². The maximum absolute atomic E-state index is 12.2. The zero-order valence-corrected chi connectivity index (χ0v) is 16.0. The van der Waals surface area contributed by atoms with Gasteiger partial charge in [-0.1, -0.05) is 50.2 Å². The number of hydrogen-bond acceptors (Lipinski definition) is 4. The minimum Gasteiger partial charge on any atom is -0.483 e. The van der Waals surface area contributed by atoms with Crippen molar-refractivity contribution >= 4 is 23.0 Å². The first-order valence-electron chi connectivity index (χ1n) is 9.20. The van der Waals surface area contributed by atoms with Crippen molar-refractivity contribution in [2.24, 2.45) is 10.2 Å². The number of amides is 1. The van der Waals surface area contributed by atoms with Crippen molar-refractivity contribution in [3.8, 4) is 5.75 Å². The highest BCUT2D eigenvalue weighted by Crippen LogP contribution is 2.26. The first kappa shape index (κ1) is 19.3. The van der Waals surface area contributed by atoms with E-state index in [0.717, 1.165) is 17.0 Å². The van der Waals surface area contributed by atoms with E-state index < -0.39 is 0 Å². The first-order chi connectivity index (χ1) is 13.6. The summed E-state index contributed by atoms with van der Waals surface area (Å²) in [6.45, 7) is 4.15. The van der Waals surface area contributed by atoms with Crippen LogP contribution < -0.4 is 10.1 Å². The highest BCUT2D eigenvalue weighted by molar-refractivity contribution is 5.92. The lowest BCUT2D eigenvalue weighted by atomic mass is 10.0. The Balaban J connectivity index is 1.54. The molecule has 3 rings (SSSR count). The Kier molecular flexibility index (Phi) is 6.52. The molecule has 0 bridgehead atoms. The lowest BCUT2D eigenvalue weighted by Crippen LogP contribution is -2.20. The van der Waals surface area contributed by atoms with E-state index in [-0.39, 0.29) is 12.5 Å². The lowest BCUT2D eigenvalue weighted by Gasteiger charge is -2.13. The second kappa shape index (κ2) is 9.46. The molecule has 3 aromatic carbocycles. The standard InChI is InChI=1S/C23H23N3O2/c1-17(2)21-10-6-7-11-22(21)28-16-23(27)24-18-12-14-20(15-13-18)26-25-19-8-4-3-5-9-19/h3-15,17H,16H2,1-2H3,(H,24,27). The van der Waals surface area contributed by atoms with Crippen LogP contribution in [-0.2, 0) is 4.79 Å². The number of anilines is 1. The van der Waals surface area contributed by atoms with Gasteiger partial charge in [0.1, 0.15) is 5.75 Å². The topological polar surface area (TPSA) is 63.0 Å². The van der Waals surface area contributed by atoms with E-state index >= 15 is 0 Å². The largest absolute Gasteiger partial charge is 0.483 e. The molecular formula is C23H23N3O2. The van der Waals surface area contributed by atoms with E-state index in [2.05, 4.69) is 29.4 Å². The van der Waals surface area contributed by atoms with Crippen LogP contribution in [0, 0.1) is 0 Å². The summed E-state index contributed by atoms with van der Waals surface area (Å²) >= 11 is 0. The molecule has 28 heavy (non-hydrogen) atoms. The molecule has 1 amide bonds. The average molecular weight is 373 g/mol. The zero-order valence-electron chi connectivity index (χ0n) is 16.0. The van der Waals surface area contributed by atoms with Crippen LogP contribution in [0.3, 0.4) is 0 Å². The Bertz CT molecular complexity index is 936. The van der Waals surface area contributed by atoms with Crippen LogP contribution in [0.2, 0.25) is 0 Å². The number of carbonyl (C=O) groups is 1. The maximum Gasteiger partial charge on any atom is 0.262 e. The van der Waals surface area contributed by atoms with E-state index in [0.29, 0.717) is 17.3 Å². The molecule has 5 nitrogen and oxygen atoms in total. The molecule has 0 heterocycles. The Morgan fingerprint density at radius 3 is 2.14 bits per heavy atom. The van der Waals surface area contributed by atoms with Gasteiger partial charge in [0.25, 0.3) is 5.91 Å². The highest BCUT2D eigenvalue weighted by Gasteiger charge is 2.09.